The Labute approximate surface area is 116 Å². The molecule has 0 spiro atoms. The molecule has 20 heavy (non-hydrogen) atoms. The molecule has 0 aliphatic heterocycles. The highest BCUT2D eigenvalue weighted by Crippen LogP contribution is 2.26. The lowest BCUT2D eigenvalue weighted by Gasteiger charge is -2.18. The molecule has 1 heterocycles. The zero-order valence-electron chi connectivity index (χ0n) is 10.6. The highest BCUT2D eigenvalue weighted by molar-refractivity contribution is 7.89. The third kappa shape index (κ3) is 3.11. The molecule has 2 N–H and O–H groups in total. The van der Waals surface area contributed by atoms with E-state index in [1.54, 1.807) is 0 Å². The first-order chi connectivity index (χ1) is 9.44. The number of aliphatic hydroxyl groups excluding tert-OH is 1. The summed E-state index contributed by atoms with van der Waals surface area (Å²) in [5.41, 5.74) is 0. The molecule has 110 valence electrons. The van der Waals surface area contributed by atoms with E-state index in [1.807, 2.05) is 0 Å². The summed E-state index contributed by atoms with van der Waals surface area (Å²) < 4.78 is 26.8. The average molecular weight is 301 g/mol. The zero-order valence-corrected chi connectivity index (χ0v) is 11.4. The zero-order chi connectivity index (χ0) is 14.8. The van der Waals surface area contributed by atoms with Crippen molar-refractivity contribution in [3.8, 4) is 0 Å². The second kappa shape index (κ2) is 5.81. The molecule has 1 aromatic heterocycles. The monoisotopic (exact) mass is 301 g/mol. The van der Waals surface area contributed by atoms with Crippen LogP contribution in [0.5, 0.6) is 0 Å². The van der Waals surface area contributed by atoms with Crippen LogP contribution in [0, 0.1) is 16.0 Å². The van der Waals surface area contributed by atoms with Gasteiger partial charge in [0, 0.05) is 18.7 Å². The number of hydrogen-bond acceptors (Lipinski definition) is 6. The molecule has 0 saturated heterocycles. The van der Waals surface area contributed by atoms with E-state index < -0.39 is 20.8 Å². The van der Waals surface area contributed by atoms with Gasteiger partial charge in [-0.3, -0.25) is 0 Å². The average Bonchev–Trinajstić information content (AvgIpc) is 2.85. The number of hydrogen-bond donors (Lipinski definition) is 2. The van der Waals surface area contributed by atoms with E-state index >= 15 is 0 Å². The van der Waals surface area contributed by atoms with Gasteiger partial charge in [-0.25, -0.2) is 13.1 Å². The van der Waals surface area contributed by atoms with Crippen molar-refractivity contribution in [3.63, 3.8) is 0 Å². The van der Waals surface area contributed by atoms with Crippen LogP contribution < -0.4 is 4.72 Å². The van der Waals surface area contributed by atoms with Crippen molar-refractivity contribution < 1.29 is 18.4 Å². The molecule has 0 radical (unpaired) electrons. The highest BCUT2D eigenvalue weighted by atomic mass is 32.2. The molecule has 1 aromatic rings. The van der Waals surface area contributed by atoms with Crippen LogP contribution in [0.25, 0.3) is 0 Å². The standard InChI is InChI=1S/C11H15N3O5S/c15-7-8-2-1-3-10(8)13-20(18,19)9-4-5-11(12-6-9)14(16)17/h4-6,8,10,13,15H,1-3,7H2. The van der Waals surface area contributed by atoms with Crippen molar-refractivity contribution in [2.75, 3.05) is 6.61 Å². The lowest BCUT2D eigenvalue weighted by Crippen LogP contribution is -2.38. The van der Waals surface area contributed by atoms with Gasteiger partial charge in [0.05, 0.1) is 0 Å². The van der Waals surface area contributed by atoms with Crippen LogP contribution in [-0.2, 0) is 10.0 Å². The smallest absolute Gasteiger partial charge is 0.363 e. The van der Waals surface area contributed by atoms with Gasteiger partial charge < -0.3 is 15.2 Å². The normalized spacial score (nSPS) is 22.9. The van der Waals surface area contributed by atoms with Crippen LogP contribution in [0.4, 0.5) is 5.82 Å². The Balaban J connectivity index is 2.15. The van der Waals surface area contributed by atoms with E-state index in [1.165, 1.54) is 0 Å². The predicted octanol–water partition coefficient (Wildman–Crippen LogP) is 0.429. The van der Waals surface area contributed by atoms with Crippen molar-refractivity contribution in [2.45, 2.75) is 30.2 Å². The maximum Gasteiger partial charge on any atom is 0.363 e. The minimum atomic E-state index is -3.78. The van der Waals surface area contributed by atoms with Crippen molar-refractivity contribution in [2.24, 2.45) is 5.92 Å². The summed E-state index contributed by atoms with van der Waals surface area (Å²) in [5.74, 6) is -0.492. The van der Waals surface area contributed by atoms with E-state index in [-0.39, 0.29) is 23.5 Å². The van der Waals surface area contributed by atoms with Gasteiger partial charge >= 0.3 is 5.82 Å². The maximum absolute atomic E-state index is 12.1. The van der Waals surface area contributed by atoms with Gasteiger partial charge in [0.25, 0.3) is 0 Å². The molecule has 0 aromatic carbocycles. The SMILES string of the molecule is O=[N+]([O-])c1ccc(S(=O)(=O)NC2CCCC2CO)cn1. The summed E-state index contributed by atoms with van der Waals surface area (Å²) in [6, 6.07) is 1.89. The van der Waals surface area contributed by atoms with Gasteiger partial charge in [0.15, 0.2) is 6.20 Å². The fourth-order valence-electron chi connectivity index (χ4n) is 2.32. The molecule has 2 rings (SSSR count). The van der Waals surface area contributed by atoms with Crippen LogP contribution in [0.3, 0.4) is 0 Å². The van der Waals surface area contributed by atoms with Crippen molar-refractivity contribution in [3.05, 3.63) is 28.4 Å². The number of nitrogens with one attached hydrogen (secondary N) is 1. The first-order valence-corrected chi connectivity index (χ1v) is 7.66. The molecule has 0 bridgehead atoms. The number of aromatic nitrogens is 1. The molecule has 1 aliphatic rings. The number of nitro groups is 1. The number of pyridine rings is 1. The minimum absolute atomic E-state index is 0.0638. The fourth-order valence-corrected chi connectivity index (χ4v) is 3.60. The molecule has 1 fully saturated rings. The van der Waals surface area contributed by atoms with Gasteiger partial charge in [0.1, 0.15) is 4.90 Å². The van der Waals surface area contributed by atoms with Gasteiger partial charge in [-0.05, 0) is 34.7 Å². The lowest BCUT2D eigenvalue weighted by atomic mass is 10.1. The number of sulfonamides is 1. The summed E-state index contributed by atoms with van der Waals surface area (Å²) in [5, 5.41) is 19.7. The third-order valence-electron chi connectivity index (χ3n) is 3.42. The van der Waals surface area contributed by atoms with Crippen LogP contribution >= 0.6 is 0 Å². The van der Waals surface area contributed by atoms with E-state index in [9.17, 15) is 23.6 Å². The van der Waals surface area contributed by atoms with E-state index in [0.717, 1.165) is 31.2 Å². The summed E-state index contributed by atoms with van der Waals surface area (Å²) in [7, 11) is -3.78. The second-order valence-electron chi connectivity index (χ2n) is 4.71. The molecular weight excluding hydrogens is 286 g/mol. The summed E-state index contributed by atoms with van der Waals surface area (Å²) >= 11 is 0. The van der Waals surface area contributed by atoms with Crippen molar-refractivity contribution in [1.29, 1.82) is 0 Å². The molecule has 1 aliphatic carbocycles. The second-order valence-corrected chi connectivity index (χ2v) is 6.42. The first-order valence-electron chi connectivity index (χ1n) is 6.17. The van der Waals surface area contributed by atoms with Crippen LogP contribution in [-0.4, -0.2) is 36.1 Å². The Hall–Kier alpha value is -1.58. The first kappa shape index (κ1) is 14.8. The molecule has 9 heteroatoms. The Morgan fingerprint density at radius 1 is 1.45 bits per heavy atom. The van der Waals surface area contributed by atoms with Crippen molar-refractivity contribution >= 4 is 15.8 Å². The summed E-state index contributed by atoms with van der Waals surface area (Å²) in [6.07, 6.45) is 3.27. The Kier molecular flexibility index (Phi) is 4.31. The molecule has 1 saturated carbocycles. The van der Waals surface area contributed by atoms with Gasteiger partial charge in [0.2, 0.25) is 10.0 Å². The molecule has 8 nitrogen and oxygen atoms in total. The molecular formula is C11H15N3O5S. The maximum atomic E-state index is 12.1. The topological polar surface area (TPSA) is 122 Å². The van der Waals surface area contributed by atoms with Gasteiger partial charge in [-0.15, -0.1) is 0 Å². The minimum Gasteiger partial charge on any atom is -0.396 e. The predicted molar refractivity (Wildman–Crippen MR) is 69.4 cm³/mol. The number of aliphatic hydroxyl groups is 1. The summed E-state index contributed by atoms with van der Waals surface area (Å²) in [4.78, 5) is 13.2. The number of nitrogens with zero attached hydrogens (tertiary/aromatic N) is 2. The fraction of sp³-hybridized carbons (Fsp3) is 0.545. The third-order valence-corrected chi connectivity index (χ3v) is 4.89. The van der Waals surface area contributed by atoms with Gasteiger partial charge in [-0.1, -0.05) is 6.42 Å². The number of rotatable bonds is 5. The molecule has 0 amide bonds. The Bertz CT molecular complexity index is 587. The Morgan fingerprint density at radius 3 is 2.75 bits per heavy atom. The van der Waals surface area contributed by atoms with E-state index in [0.29, 0.717) is 6.42 Å². The van der Waals surface area contributed by atoms with Gasteiger partial charge in [-0.2, -0.15) is 0 Å². The van der Waals surface area contributed by atoms with E-state index in [4.69, 9.17) is 0 Å². The van der Waals surface area contributed by atoms with Crippen LogP contribution in [0.2, 0.25) is 0 Å². The Morgan fingerprint density at radius 2 is 2.20 bits per heavy atom. The molecule has 2 atom stereocenters. The quantitative estimate of drug-likeness (QED) is 0.600. The van der Waals surface area contributed by atoms with E-state index in [2.05, 4.69) is 9.71 Å². The largest absolute Gasteiger partial charge is 0.396 e. The van der Waals surface area contributed by atoms with Crippen LogP contribution in [0.15, 0.2) is 23.2 Å². The lowest BCUT2D eigenvalue weighted by molar-refractivity contribution is -0.389. The highest BCUT2D eigenvalue weighted by Gasteiger charge is 2.31. The molecule has 2 unspecified atom stereocenters. The van der Waals surface area contributed by atoms with Crippen molar-refractivity contribution in [1.82, 2.24) is 9.71 Å². The summed E-state index contributed by atoms with van der Waals surface area (Å²) in [6.45, 7) is -0.0638. The van der Waals surface area contributed by atoms with Crippen LogP contribution in [0.1, 0.15) is 19.3 Å².